The number of esters is 1. The molecule has 31 heavy (non-hydrogen) atoms. The minimum absolute atomic E-state index is 0.0900. The predicted molar refractivity (Wildman–Crippen MR) is 127 cm³/mol. The van der Waals surface area contributed by atoms with Gasteiger partial charge in [-0.15, -0.1) is 0 Å². The monoisotopic (exact) mass is 418 g/mol. The van der Waals surface area contributed by atoms with Crippen LogP contribution in [-0.4, -0.2) is 11.8 Å². The molecule has 3 rings (SSSR count). The maximum absolute atomic E-state index is 13.5. The molecule has 0 radical (unpaired) electrons. The molecule has 0 saturated carbocycles. The quantitative estimate of drug-likeness (QED) is 0.496. The molecule has 0 atom stereocenters. The average molecular weight is 419 g/mol. The van der Waals surface area contributed by atoms with Crippen LogP contribution in [0.4, 0.5) is 0 Å². The number of ether oxygens (including phenoxy) is 1. The van der Waals surface area contributed by atoms with Crippen LogP contribution in [0.25, 0.3) is 11.3 Å². The Morgan fingerprint density at radius 1 is 0.742 bits per heavy atom. The Labute approximate surface area is 186 Å². The van der Waals surface area contributed by atoms with Crippen molar-refractivity contribution >= 4 is 23.1 Å². The molecule has 0 spiro atoms. The Morgan fingerprint density at radius 3 is 1.68 bits per heavy atom. The van der Waals surface area contributed by atoms with Gasteiger partial charge in [0.15, 0.2) is 11.5 Å². The normalized spacial score (nSPS) is 14.7. The molecule has 2 aromatic carbocycles. The second kappa shape index (κ2) is 7.47. The molecule has 0 aliphatic heterocycles. The van der Waals surface area contributed by atoms with Crippen LogP contribution in [0.1, 0.15) is 94.9 Å². The summed E-state index contributed by atoms with van der Waals surface area (Å²) in [5.74, 6) is -0.0859. The summed E-state index contributed by atoms with van der Waals surface area (Å²) in [6.07, 6.45) is 0. The lowest BCUT2D eigenvalue weighted by Crippen LogP contribution is -2.22. The van der Waals surface area contributed by atoms with Crippen molar-refractivity contribution < 1.29 is 14.3 Å². The summed E-state index contributed by atoms with van der Waals surface area (Å²) in [6, 6.07) is 13.7. The van der Waals surface area contributed by atoms with E-state index in [0.29, 0.717) is 22.5 Å². The fourth-order valence-corrected chi connectivity index (χ4v) is 3.50. The van der Waals surface area contributed by atoms with Crippen molar-refractivity contribution in [2.24, 2.45) is 5.41 Å². The molecule has 3 nitrogen and oxygen atoms in total. The molecule has 0 aromatic heterocycles. The number of allylic oxidation sites excluding steroid dienone is 1. The van der Waals surface area contributed by atoms with Gasteiger partial charge in [0, 0.05) is 11.1 Å². The Bertz CT molecular complexity index is 1050. The predicted octanol–water partition coefficient (Wildman–Crippen LogP) is 6.94. The molecule has 0 saturated heterocycles. The lowest BCUT2D eigenvalue weighted by molar-refractivity contribution is -0.145. The highest BCUT2D eigenvalue weighted by Crippen LogP contribution is 2.42. The maximum Gasteiger partial charge on any atom is 0.316 e. The maximum atomic E-state index is 13.5. The second-order valence-corrected chi connectivity index (χ2v) is 11.5. The minimum Gasteiger partial charge on any atom is -0.425 e. The molecule has 164 valence electrons. The van der Waals surface area contributed by atoms with Crippen molar-refractivity contribution in [2.45, 2.75) is 73.1 Å². The van der Waals surface area contributed by atoms with Gasteiger partial charge in [-0.05, 0) is 48.3 Å². The largest absolute Gasteiger partial charge is 0.425 e. The Kier molecular flexibility index (Phi) is 5.54. The molecule has 0 heterocycles. The summed E-state index contributed by atoms with van der Waals surface area (Å²) < 4.78 is 5.91. The van der Waals surface area contributed by atoms with Crippen molar-refractivity contribution in [2.75, 3.05) is 0 Å². The van der Waals surface area contributed by atoms with Crippen molar-refractivity contribution in [1.82, 2.24) is 0 Å². The first-order chi connectivity index (χ1) is 14.1. The van der Waals surface area contributed by atoms with E-state index in [1.54, 1.807) is 6.07 Å². The van der Waals surface area contributed by atoms with E-state index in [1.165, 1.54) is 0 Å². The van der Waals surface area contributed by atoms with Crippen LogP contribution in [-0.2, 0) is 20.4 Å². The highest BCUT2D eigenvalue weighted by Gasteiger charge is 2.36. The molecule has 1 aliphatic carbocycles. The lowest BCUT2D eigenvalue weighted by Gasteiger charge is -2.26. The molecule has 0 bridgehead atoms. The van der Waals surface area contributed by atoms with Crippen molar-refractivity contribution in [3.05, 3.63) is 70.3 Å². The zero-order chi connectivity index (χ0) is 23.4. The third kappa shape index (κ3) is 4.51. The number of carbonyl (C=O) groups excluding carboxylic acids is 2. The fraction of sp³-hybridized carbons (Fsp3) is 0.429. The molecule has 2 aromatic rings. The number of benzene rings is 2. The Morgan fingerprint density at radius 2 is 1.23 bits per heavy atom. The van der Waals surface area contributed by atoms with Gasteiger partial charge in [-0.3, -0.25) is 9.59 Å². The lowest BCUT2D eigenvalue weighted by atomic mass is 9.78. The van der Waals surface area contributed by atoms with Gasteiger partial charge in [0.1, 0.15) is 0 Å². The van der Waals surface area contributed by atoms with Crippen LogP contribution < -0.4 is 0 Å². The van der Waals surface area contributed by atoms with Gasteiger partial charge < -0.3 is 4.74 Å². The van der Waals surface area contributed by atoms with Crippen molar-refractivity contribution in [3.63, 3.8) is 0 Å². The SMILES string of the molecule is CC(C)(C)C(=O)OC1=C(c2cc(C(C)(C)C)cc(C(C)(C)C)c2)C(=O)c2ccccc21. The molecule has 3 heteroatoms. The summed E-state index contributed by atoms with van der Waals surface area (Å²) in [6.45, 7) is 18.4. The summed E-state index contributed by atoms with van der Waals surface area (Å²) >= 11 is 0. The first-order valence-electron chi connectivity index (χ1n) is 10.9. The molecule has 0 amide bonds. The van der Waals surface area contributed by atoms with Gasteiger partial charge in [-0.25, -0.2) is 0 Å². The number of ketones is 1. The highest BCUT2D eigenvalue weighted by atomic mass is 16.5. The number of carbonyl (C=O) groups is 2. The van der Waals surface area contributed by atoms with E-state index < -0.39 is 5.41 Å². The first-order valence-corrected chi connectivity index (χ1v) is 10.9. The third-order valence-electron chi connectivity index (χ3n) is 5.63. The van der Waals surface area contributed by atoms with E-state index in [0.717, 1.165) is 16.7 Å². The van der Waals surface area contributed by atoms with Gasteiger partial charge in [-0.1, -0.05) is 84.0 Å². The highest BCUT2D eigenvalue weighted by molar-refractivity contribution is 6.39. The van der Waals surface area contributed by atoms with Crippen LogP contribution >= 0.6 is 0 Å². The number of Topliss-reactive ketones (excluding diaryl/α,β-unsaturated/α-hetero) is 1. The number of hydrogen-bond acceptors (Lipinski definition) is 3. The van der Waals surface area contributed by atoms with E-state index in [-0.39, 0.29) is 22.6 Å². The Balaban J connectivity index is 2.30. The van der Waals surface area contributed by atoms with Gasteiger partial charge in [0.2, 0.25) is 0 Å². The molecule has 1 aliphatic rings. The first kappa shape index (κ1) is 23.0. The minimum atomic E-state index is -0.678. The third-order valence-corrected chi connectivity index (χ3v) is 5.63. The van der Waals surface area contributed by atoms with Gasteiger partial charge in [0.25, 0.3) is 0 Å². The van der Waals surface area contributed by atoms with Crippen LogP contribution in [0.5, 0.6) is 0 Å². The summed E-state index contributed by atoms with van der Waals surface area (Å²) in [5, 5.41) is 0. The Hall–Kier alpha value is -2.68. The van der Waals surface area contributed by atoms with E-state index in [4.69, 9.17) is 4.74 Å². The zero-order valence-electron chi connectivity index (χ0n) is 20.3. The van der Waals surface area contributed by atoms with E-state index >= 15 is 0 Å². The van der Waals surface area contributed by atoms with Crippen LogP contribution in [0.2, 0.25) is 0 Å². The number of rotatable bonds is 2. The molecule has 0 fully saturated rings. The van der Waals surface area contributed by atoms with Crippen LogP contribution in [0, 0.1) is 5.41 Å². The molecular weight excluding hydrogens is 384 g/mol. The number of fused-ring (bicyclic) bond motifs is 1. The topological polar surface area (TPSA) is 43.4 Å². The average Bonchev–Trinajstić information content (AvgIpc) is 2.91. The summed E-state index contributed by atoms with van der Waals surface area (Å²) in [7, 11) is 0. The molecule has 0 N–H and O–H groups in total. The standard InChI is InChI=1S/C28H34O3/c1-26(2,3)18-14-17(15-19(16-18)27(4,5)6)22-23(29)20-12-10-11-13-21(20)24(22)31-25(30)28(7,8)9/h10-16H,1-9H3. The zero-order valence-corrected chi connectivity index (χ0v) is 20.3. The summed E-state index contributed by atoms with van der Waals surface area (Å²) in [4.78, 5) is 26.3. The molecular formula is C28H34O3. The summed E-state index contributed by atoms with van der Waals surface area (Å²) in [5.41, 5.74) is 3.96. The van der Waals surface area contributed by atoms with Gasteiger partial charge in [0.05, 0.1) is 11.0 Å². The smallest absolute Gasteiger partial charge is 0.316 e. The van der Waals surface area contributed by atoms with E-state index in [9.17, 15) is 9.59 Å². The van der Waals surface area contributed by atoms with Crippen LogP contribution in [0.3, 0.4) is 0 Å². The number of hydrogen-bond donors (Lipinski definition) is 0. The van der Waals surface area contributed by atoms with Gasteiger partial charge >= 0.3 is 5.97 Å². The van der Waals surface area contributed by atoms with E-state index in [2.05, 4.69) is 59.7 Å². The molecule has 0 unspecified atom stereocenters. The second-order valence-electron chi connectivity index (χ2n) is 11.5. The van der Waals surface area contributed by atoms with Crippen LogP contribution in [0.15, 0.2) is 42.5 Å². The van der Waals surface area contributed by atoms with Crippen molar-refractivity contribution in [1.29, 1.82) is 0 Å². The van der Waals surface area contributed by atoms with E-state index in [1.807, 2.05) is 39.0 Å². The van der Waals surface area contributed by atoms with Crippen molar-refractivity contribution in [3.8, 4) is 0 Å². The van der Waals surface area contributed by atoms with Gasteiger partial charge in [-0.2, -0.15) is 0 Å². The fourth-order valence-electron chi connectivity index (χ4n) is 3.50.